The molecule has 0 unspecified atom stereocenters. The topological polar surface area (TPSA) is 56.8 Å². The number of fused-ring (bicyclic) bond motifs is 1. The summed E-state index contributed by atoms with van der Waals surface area (Å²) in [6.45, 7) is 6.75. The molecule has 2 aromatic carbocycles. The highest BCUT2D eigenvalue weighted by molar-refractivity contribution is 8.01. The predicted octanol–water partition coefficient (Wildman–Crippen LogP) is 4.28. The van der Waals surface area contributed by atoms with Crippen molar-refractivity contribution in [3.8, 4) is 0 Å². The first-order valence-corrected chi connectivity index (χ1v) is 13.7. The summed E-state index contributed by atoms with van der Waals surface area (Å²) in [5.41, 5.74) is 3.53. The monoisotopic (exact) mass is 494 g/mol. The fraction of sp³-hybridized carbons (Fsp3) is 0.423. The van der Waals surface area contributed by atoms with E-state index in [0.29, 0.717) is 18.8 Å². The lowest BCUT2D eigenvalue weighted by molar-refractivity contribution is -0.140. The van der Waals surface area contributed by atoms with Crippen LogP contribution in [0.25, 0.3) is 10.2 Å². The maximum atomic E-state index is 13.1. The molecule has 0 saturated carbocycles. The van der Waals surface area contributed by atoms with Crippen LogP contribution in [-0.4, -0.2) is 71.6 Å². The number of rotatable bonds is 5. The molecule has 0 radical (unpaired) electrons. The standard InChI is InChI=1S/C26H30N4O2S2/c1-19-6-2-4-8-22(19)28-14-16-30(17-15-28)25(32)20-10-12-29(13-11-20)24(31)18-33-26-27-21-7-3-5-9-23(21)34-26/h2-9,20H,10-18H2,1H3. The van der Waals surface area contributed by atoms with Gasteiger partial charge in [-0.15, -0.1) is 11.3 Å². The van der Waals surface area contributed by atoms with E-state index in [9.17, 15) is 9.59 Å². The molecule has 0 spiro atoms. The number of hydrogen-bond acceptors (Lipinski definition) is 6. The number of piperazine rings is 1. The number of benzene rings is 2. The maximum absolute atomic E-state index is 13.1. The molecule has 6 nitrogen and oxygen atoms in total. The number of thioether (sulfide) groups is 1. The molecule has 3 heterocycles. The van der Waals surface area contributed by atoms with Crippen LogP contribution in [0.1, 0.15) is 18.4 Å². The van der Waals surface area contributed by atoms with Crippen molar-refractivity contribution < 1.29 is 9.59 Å². The average Bonchev–Trinajstić information content (AvgIpc) is 3.30. The Balaban J connectivity index is 1.07. The van der Waals surface area contributed by atoms with E-state index >= 15 is 0 Å². The molecule has 2 aliphatic rings. The second-order valence-electron chi connectivity index (χ2n) is 8.99. The number of aryl methyl sites for hydroxylation is 1. The van der Waals surface area contributed by atoms with E-state index in [0.717, 1.165) is 53.6 Å². The first kappa shape index (κ1) is 23.2. The maximum Gasteiger partial charge on any atom is 0.233 e. The van der Waals surface area contributed by atoms with Crippen molar-refractivity contribution in [1.29, 1.82) is 0 Å². The molecule has 5 rings (SSSR count). The van der Waals surface area contributed by atoms with E-state index in [4.69, 9.17) is 0 Å². The van der Waals surface area contributed by atoms with Crippen LogP contribution in [0.2, 0.25) is 0 Å². The van der Waals surface area contributed by atoms with Crippen molar-refractivity contribution in [3.63, 3.8) is 0 Å². The summed E-state index contributed by atoms with van der Waals surface area (Å²) in [6.07, 6.45) is 1.52. The Morgan fingerprint density at radius 2 is 1.65 bits per heavy atom. The molecular formula is C26H30N4O2S2. The van der Waals surface area contributed by atoms with E-state index < -0.39 is 0 Å². The lowest BCUT2D eigenvalue weighted by Gasteiger charge is -2.39. The Kier molecular flexibility index (Phi) is 7.06. The Morgan fingerprint density at radius 1 is 0.941 bits per heavy atom. The third-order valence-corrected chi connectivity index (χ3v) is 9.00. The summed E-state index contributed by atoms with van der Waals surface area (Å²) in [5, 5.41) is 0. The fourth-order valence-electron chi connectivity index (χ4n) is 4.85. The molecule has 0 aliphatic carbocycles. The molecule has 2 fully saturated rings. The van der Waals surface area contributed by atoms with E-state index in [1.54, 1.807) is 11.3 Å². The van der Waals surface area contributed by atoms with Gasteiger partial charge in [-0.3, -0.25) is 9.59 Å². The number of amides is 2. The SMILES string of the molecule is Cc1ccccc1N1CCN(C(=O)C2CCN(C(=O)CSc3nc4ccccc4s3)CC2)CC1. The number of carbonyl (C=O) groups excluding carboxylic acids is 2. The number of para-hydroxylation sites is 2. The van der Waals surface area contributed by atoms with Gasteiger partial charge in [0.05, 0.1) is 16.0 Å². The first-order valence-electron chi connectivity index (χ1n) is 11.9. The van der Waals surface area contributed by atoms with Gasteiger partial charge in [0.25, 0.3) is 0 Å². The van der Waals surface area contributed by atoms with Gasteiger partial charge in [-0.25, -0.2) is 4.98 Å². The van der Waals surface area contributed by atoms with E-state index in [2.05, 4.69) is 47.1 Å². The predicted molar refractivity (Wildman–Crippen MR) is 140 cm³/mol. The van der Waals surface area contributed by atoms with Crippen LogP contribution in [0.5, 0.6) is 0 Å². The summed E-state index contributed by atoms with van der Waals surface area (Å²) in [5.74, 6) is 0.840. The normalized spacial score (nSPS) is 17.4. The average molecular weight is 495 g/mol. The molecule has 0 bridgehead atoms. The molecule has 1 aromatic heterocycles. The van der Waals surface area contributed by atoms with Crippen molar-refractivity contribution in [2.24, 2.45) is 5.92 Å². The van der Waals surface area contributed by atoms with Gasteiger partial charge in [0.1, 0.15) is 0 Å². The van der Waals surface area contributed by atoms with Gasteiger partial charge in [-0.1, -0.05) is 42.1 Å². The summed E-state index contributed by atoms with van der Waals surface area (Å²) < 4.78 is 2.08. The third kappa shape index (κ3) is 5.08. The van der Waals surface area contributed by atoms with Gasteiger partial charge in [0.15, 0.2) is 4.34 Å². The number of thiazole rings is 1. The van der Waals surface area contributed by atoms with Gasteiger partial charge < -0.3 is 14.7 Å². The zero-order chi connectivity index (χ0) is 23.5. The smallest absolute Gasteiger partial charge is 0.233 e. The Hall–Kier alpha value is -2.58. The summed E-state index contributed by atoms with van der Waals surface area (Å²) in [6, 6.07) is 16.5. The molecular weight excluding hydrogens is 464 g/mol. The molecule has 8 heteroatoms. The molecule has 3 aromatic rings. The number of piperidine rings is 1. The summed E-state index contributed by atoms with van der Waals surface area (Å²) in [4.78, 5) is 36.8. The quantitative estimate of drug-likeness (QED) is 0.496. The fourth-order valence-corrected chi connectivity index (χ4v) is 6.82. The van der Waals surface area contributed by atoms with Gasteiger partial charge >= 0.3 is 0 Å². The first-order chi connectivity index (χ1) is 16.6. The molecule has 0 N–H and O–H groups in total. The minimum Gasteiger partial charge on any atom is -0.368 e. The van der Waals surface area contributed by atoms with Crippen molar-refractivity contribution in [3.05, 3.63) is 54.1 Å². The molecule has 178 valence electrons. The highest BCUT2D eigenvalue weighted by Gasteiger charge is 2.32. The lowest BCUT2D eigenvalue weighted by atomic mass is 9.95. The van der Waals surface area contributed by atoms with Crippen LogP contribution >= 0.6 is 23.1 Å². The van der Waals surface area contributed by atoms with Crippen LogP contribution in [0.3, 0.4) is 0 Å². The number of carbonyl (C=O) groups is 2. The second kappa shape index (κ2) is 10.4. The van der Waals surface area contributed by atoms with Gasteiger partial charge in [0, 0.05) is 50.9 Å². The summed E-state index contributed by atoms with van der Waals surface area (Å²) >= 11 is 3.15. The third-order valence-electron chi connectivity index (χ3n) is 6.84. The van der Waals surface area contributed by atoms with E-state index in [-0.39, 0.29) is 17.7 Å². The van der Waals surface area contributed by atoms with Crippen molar-refractivity contribution >= 4 is 50.8 Å². The zero-order valence-corrected chi connectivity index (χ0v) is 21.1. The van der Waals surface area contributed by atoms with Crippen LogP contribution in [0.4, 0.5) is 5.69 Å². The van der Waals surface area contributed by atoms with E-state index in [1.165, 1.54) is 23.0 Å². The summed E-state index contributed by atoms with van der Waals surface area (Å²) in [7, 11) is 0. The number of aromatic nitrogens is 1. The highest BCUT2D eigenvalue weighted by Crippen LogP contribution is 2.30. The van der Waals surface area contributed by atoms with Crippen LogP contribution < -0.4 is 4.90 Å². The lowest BCUT2D eigenvalue weighted by Crippen LogP contribution is -2.52. The minimum absolute atomic E-state index is 0.0333. The number of anilines is 1. The molecule has 34 heavy (non-hydrogen) atoms. The van der Waals surface area contributed by atoms with Gasteiger partial charge in [-0.2, -0.15) is 0 Å². The van der Waals surface area contributed by atoms with E-state index in [1.807, 2.05) is 28.0 Å². The Bertz CT molecular complexity index is 1130. The Labute approximate surface area is 208 Å². The van der Waals surface area contributed by atoms with Crippen molar-refractivity contribution in [2.75, 3.05) is 49.9 Å². The second-order valence-corrected chi connectivity index (χ2v) is 11.2. The molecule has 0 atom stereocenters. The largest absolute Gasteiger partial charge is 0.368 e. The highest BCUT2D eigenvalue weighted by atomic mass is 32.2. The van der Waals surface area contributed by atoms with Crippen LogP contribution in [0.15, 0.2) is 52.9 Å². The van der Waals surface area contributed by atoms with Gasteiger partial charge in [-0.05, 0) is 43.5 Å². The van der Waals surface area contributed by atoms with Crippen LogP contribution in [-0.2, 0) is 9.59 Å². The van der Waals surface area contributed by atoms with Gasteiger partial charge in [0.2, 0.25) is 11.8 Å². The van der Waals surface area contributed by atoms with Crippen molar-refractivity contribution in [1.82, 2.24) is 14.8 Å². The minimum atomic E-state index is 0.0333. The zero-order valence-electron chi connectivity index (χ0n) is 19.5. The molecule has 2 amide bonds. The van der Waals surface area contributed by atoms with Crippen LogP contribution in [0, 0.1) is 12.8 Å². The Morgan fingerprint density at radius 3 is 2.38 bits per heavy atom. The van der Waals surface area contributed by atoms with Crippen molar-refractivity contribution in [2.45, 2.75) is 24.1 Å². The number of nitrogens with zero attached hydrogens (tertiary/aromatic N) is 4. The number of hydrogen-bond donors (Lipinski definition) is 0. The molecule has 2 aliphatic heterocycles. The number of likely N-dealkylation sites (tertiary alicyclic amines) is 1. The molecule has 2 saturated heterocycles.